The normalized spacial score (nSPS) is 13.8. The minimum atomic E-state index is -0.744. The summed E-state index contributed by atoms with van der Waals surface area (Å²) in [6, 6.07) is 0. The van der Waals surface area contributed by atoms with Gasteiger partial charge in [0, 0.05) is 20.1 Å². The van der Waals surface area contributed by atoms with Crippen LogP contribution in [0.3, 0.4) is 0 Å². The van der Waals surface area contributed by atoms with Gasteiger partial charge in [0.15, 0.2) is 0 Å². The van der Waals surface area contributed by atoms with Gasteiger partial charge >= 0.3 is 5.97 Å². The topological polar surface area (TPSA) is 64.6 Å². The number of hydrogen-bond acceptors (Lipinski definition) is 4. The first-order valence-corrected chi connectivity index (χ1v) is 6.40. The summed E-state index contributed by atoms with van der Waals surface area (Å²) in [7, 11) is 2.93. The predicted octanol–water partition coefficient (Wildman–Crippen LogP) is 1.65. The molecule has 0 rings (SSSR count). The smallest absolute Gasteiger partial charge is 0.305 e. The number of carbonyl (C=O) groups is 2. The molecule has 0 aliphatic carbocycles. The number of esters is 1. The van der Waals surface area contributed by atoms with Crippen molar-refractivity contribution in [1.29, 1.82) is 0 Å². The van der Waals surface area contributed by atoms with Crippen LogP contribution in [0.15, 0.2) is 0 Å². The number of carbonyl (C=O) groups excluding carboxylic acids is 2. The molecule has 106 valence electrons. The van der Waals surface area contributed by atoms with Gasteiger partial charge in [-0.15, -0.1) is 0 Å². The van der Waals surface area contributed by atoms with Crippen molar-refractivity contribution in [3.8, 4) is 0 Å². The highest BCUT2D eigenvalue weighted by Crippen LogP contribution is 2.13. The van der Waals surface area contributed by atoms with Gasteiger partial charge in [-0.05, 0) is 26.2 Å². The largest absolute Gasteiger partial charge is 0.469 e. The molecule has 1 amide bonds. The Hall–Kier alpha value is -1.10. The van der Waals surface area contributed by atoms with Crippen molar-refractivity contribution < 1.29 is 19.1 Å². The highest BCUT2D eigenvalue weighted by atomic mass is 16.5. The standard InChI is InChI=1S/C13H25NO4/c1-5-13(2,18-4)12(16)14-10-8-6-7-9-11(15)17-3/h5-10H2,1-4H3,(H,14,16). The average molecular weight is 259 g/mol. The van der Waals surface area contributed by atoms with E-state index in [0.29, 0.717) is 19.4 Å². The summed E-state index contributed by atoms with van der Waals surface area (Å²) in [5, 5.41) is 2.85. The Balaban J connectivity index is 3.66. The number of amides is 1. The van der Waals surface area contributed by atoms with E-state index in [1.165, 1.54) is 7.11 Å². The van der Waals surface area contributed by atoms with Gasteiger partial charge in [-0.3, -0.25) is 9.59 Å². The summed E-state index contributed by atoms with van der Waals surface area (Å²) < 4.78 is 9.74. The molecule has 0 spiro atoms. The van der Waals surface area contributed by atoms with Gasteiger partial charge in [-0.25, -0.2) is 0 Å². The zero-order valence-electron chi connectivity index (χ0n) is 11.9. The molecule has 0 saturated carbocycles. The summed E-state index contributed by atoms with van der Waals surface area (Å²) >= 11 is 0. The van der Waals surface area contributed by atoms with Crippen molar-refractivity contribution in [2.24, 2.45) is 0 Å². The quantitative estimate of drug-likeness (QED) is 0.505. The van der Waals surface area contributed by atoms with Crippen LogP contribution in [-0.2, 0) is 19.1 Å². The van der Waals surface area contributed by atoms with Gasteiger partial charge in [-0.1, -0.05) is 13.3 Å². The van der Waals surface area contributed by atoms with E-state index in [1.54, 1.807) is 14.0 Å². The lowest BCUT2D eigenvalue weighted by Crippen LogP contribution is -2.45. The zero-order valence-corrected chi connectivity index (χ0v) is 11.9. The summed E-state index contributed by atoms with van der Waals surface area (Å²) in [5.74, 6) is -0.266. The van der Waals surface area contributed by atoms with E-state index in [4.69, 9.17) is 4.74 Å². The zero-order chi connectivity index (χ0) is 14.0. The number of nitrogens with one attached hydrogen (secondary N) is 1. The molecule has 1 atom stereocenters. The van der Waals surface area contributed by atoms with Gasteiger partial charge in [0.1, 0.15) is 5.60 Å². The van der Waals surface area contributed by atoms with Gasteiger partial charge in [0.2, 0.25) is 0 Å². The highest BCUT2D eigenvalue weighted by Gasteiger charge is 2.30. The molecule has 0 saturated heterocycles. The fourth-order valence-electron chi connectivity index (χ4n) is 1.46. The van der Waals surface area contributed by atoms with Crippen LogP contribution < -0.4 is 5.32 Å². The van der Waals surface area contributed by atoms with E-state index in [1.807, 2.05) is 6.92 Å². The Morgan fingerprint density at radius 1 is 1.17 bits per heavy atom. The van der Waals surface area contributed by atoms with Crippen LogP contribution in [0.1, 0.15) is 46.0 Å². The minimum absolute atomic E-state index is 0.0829. The van der Waals surface area contributed by atoms with E-state index >= 15 is 0 Å². The lowest BCUT2D eigenvalue weighted by atomic mass is 10.0. The van der Waals surface area contributed by atoms with E-state index in [-0.39, 0.29) is 11.9 Å². The van der Waals surface area contributed by atoms with E-state index in [2.05, 4.69) is 10.1 Å². The second-order valence-corrected chi connectivity index (χ2v) is 4.43. The van der Waals surface area contributed by atoms with Crippen LogP contribution in [0.25, 0.3) is 0 Å². The first-order chi connectivity index (χ1) is 8.50. The molecule has 0 aliphatic heterocycles. The molecule has 0 heterocycles. The number of methoxy groups -OCH3 is 2. The SMILES string of the molecule is CCC(C)(OC)C(=O)NCCCCCC(=O)OC. The molecule has 0 fully saturated rings. The van der Waals surface area contributed by atoms with Crippen LogP contribution in [0.2, 0.25) is 0 Å². The fourth-order valence-corrected chi connectivity index (χ4v) is 1.46. The predicted molar refractivity (Wildman–Crippen MR) is 69.2 cm³/mol. The molecule has 1 N–H and O–H groups in total. The second kappa shape index (κ2) is 8.91. The number of hydrogen-bond donors (Lipinski definition) is 1. The summed E-state index contributed by atoms with van der Waals surface area (Å²) in [6.45, 7) is 4.30. The molecule has 18 heavy (non-hydrogen) atoms. The molecule has 0 radical (unpaired) electrons. The Labute approximate surface area is 109 Å². The molecule has 0 bridgehead atoms. The van der Waals surface area contributed by atoms with Crippen LogP contribution in [-0.4, -0.2) is 38.2 Å². The van der Waals surface area contributed by atoms with Crippen molar-refractivity contribution in [1.82, 2.24) is 5.32 Å². The third-order valence-corrected chi connectivity index (χ3v) is 3.18. The van der Waals surface area contributed by atoms with Crippen molar-refractivity contribution in [3.05, 3.63) is 0 Å². The first kappa shape index (κ1) is 16.9. The van der Waals surface area contributed by atoms with E-state index in [9.17, 15) is 9.59 Å². The van der Waals surface area contributed by atoms with Crippen molar-refractivity contribution in [3.63, 3.8) is 0 Å². The van der Waals surface area contributed by atoms with Crippen LogP contribution in [0.4, 0.5) is 0 Å². The molecule has 5 heteroatoms. The third kappa shape index (κ3) is 6.00. The molecule has 1 unspecified atom stereocenters. The van der Waals surface area contributed by atoms with Gasteiger partial charge in [0.25, 0.3) is 5.91 Å². The summed E-state index contributed by atoms with van der Waals surface area (Å²) in [5.41, 5.74) is -0.744. The number of unbranched alkanes of at least 4 members (excludes halogenated alkanes) is 2. The molecular weight excluding hydrogens is 234 g/mol. The molecule has 0 aromatic carbocycles. The summed E-state index contributed by atoms with van der Waals surface area (Å²) in [4.78, 5) is 22.7. The van der Waals surface area contributed by atoms with Crippen LogP contribution >= 0.6 is 0 Å². The second-order valence-electron chi connectivity index (χ2n) is 4.43. The maximum absolute atomic E-state index is 11.8. The van der Waals surface area contributed by atoms with Crippen molar-refractivity contribution >= 4 is 11.9 Å². The third-order valence-electron chi connectivity index (χ3n) is 3.18. The molecule has 0 aromatic heterocycles. The average Bonchev–Trinajstić information content (AvgIpc) is 2.40. The van der Waals surface area contributed by atoms with Crippen molar-refractivity contribution in [2.75, 3.05) is 20.8 Å². The summed E-state index contributed by atoms with van der Waals surface area (Å²) in [6.07, 6.45) is 3.61. The van der Waals surface area contributed by atoms with Gasteiger partial charge in [-0.2, -0.15) is 0 Å². The van der Waals surface area contributed by atoms with Crippen LogP contribution in [0, 0.1) is 0 Å². The number of ether oxygens (including phenoxy) is 2. The van der Waals surface area contributed by atoms with E-state index < -0.39 is 5.60 Å². The minimum Gasteiger partial charge on any atom is -0.469 e. The van der Waals surface area contributed by atoms with Crippen LogP contribution in [0.5, 0.6) is 0 Å². The molecular formula is C13H25NO4. The van der Waals surface area contributed by atoms with Gasteiger partial charge in [0.05, 0.1) is 7.11 Å². The fraction of sp³-hybridized carbons (Fsp3) is 0.846. The highest BCUT2D eigenvalue weighted by molar-refractivity contribution is 5.84. The Bertz CT molecular complexity index is 262. The monoisotopic (exact) mass is 259 g/mol. The Morgan fingerprint density at radius 2 is 1.83 bits per heavy atom. The Morgan fingerprint density at radius 3 is 2.33 bits per heavy atom. The lowest BCUT2D eigenvalue weighted by molar-refractivity contribution is -0.142. The number of rotatable bonds is 9. The maximum Gasteiger partial charge on any atom is 0.305 e. The lowest BCUT2D eigenvalue weighted by Gasteiger charge is -2.25. The first-order valence-electron chi connectivity index (χ1n) is 6.40. The molecule has 0 aliphatic rings. The Kier molecular flexibility index (Phi) is 8.37. The van der Waals surface area contributed by atoms with E-state index in [0.717, 1.165) is 19.3 Å². The molecule has 0 aromatic rings. The van der Waals surface area contributed by atoms with Crippen molar-refractivity contribution in [2.45, 2.75) is 51.6 Å². The molecule has 5 nitrogen and oxygen atoms in total. The maximum atomic E-state index is 11.8. The van der Waals surface area contributed by atoms with Gasteiger partial charge < -0.3 is 14.8 Å².